The number of piperidine rings is 2. The lowest BCUT2D eigenvalue weighted by molar-refractivity contribution is -0.973. The standard InChI is InChI=1S/C22H32FN3S/c23-17-11-9-16(10-12-17)15-26-20-7-4-8-21(26)14-19(13-20)25-22(27)24-18-5-2-1-3-6-18/h9-12,18-21H,1-8,13-15H2,(H2,24,25,27)/p+1/t19?,20-,21+. The largest absolute Gasteiger partial charge is 0.360 e. The fourth-order valence-corrected chi connectivity index (χ4v) is 5.87. The average Bonchev–Trinajstić information content (AvgIpc) is 2.65. The molecule has 2 bridgehead atoms. The monoisotopic (exact) mass is 390 g/mol. The maximum Gasteiger partial charge on any atom is 0.166 e. The molecule has 2 heterocycles. The highest BCUT2D eigenvalue weighted by molar-refractivity contribution is 7.80. The third-order valence-corrected chi connectivity index (χ3v) is 7.12. The lowest BCUT2D eigenvalue weighted by Gasteiger charge is -2.46. The van der Waals surface area contributed by atoms with E-state index in [2.05, 4.69) is 10.6 Å². The van der Waals surface area contributed by atoms with Gasteiger partial charge in [0.2, 0.25) is 0 Å². The van der Waals surface area contributed by atoms with E-state index in [1.807, 2.05) is 12.1 Å². The fourth-order valence-electron chi connectivity index (χ4n) is 5.54. The van der Waals surface area contributed by atoms with Gasteiger partial charge in [-0.1, -0.05) is 31.4 Å². The normalized spacial score (nSPS) is 31.3. The van der Waals surface area contributed by atoms with Crippen molar-refractivity contribution < 1.29 is 9.29 Å². The molecule has 1 saturated carbocycles. The maximum absolute atomic E-state index is 13.2. The molecular weight excluding hydrogens is 357 g/mol. The van der Waals surface area contributed by atoms with Gasteiger partial charge >= 0.3 is 0 Å². The molecule has 1 aromatic carbocycles. The number of hydrogen-bond donors (Lipinski definition) is 3. The first-order chi connectivity index (χ1) is 13.2. The maximum atomic E-state index is 13.2. The summed E-state index contributed by atoms with van der Waals surface area (Å²) in [5, 5.41) is 8.08. The Kier molecular flexibility index (Phi) is 6.28. The summed E-state index contributed by atoms with van der Waals surface area (Å²) >= 11 is 5.63. The van der Waals surface area contributed by atoms with E-state index in [1.165, 1.54) is 69.8 Å². The summed E-state index contributed by atoms with van der Waals surface area (Å²) in [7, 11) is 0. The van der Waals surface area contributed by atoms with Gasteiger partial charge in [-0.05, 0) is 56.5 Å². The molecule has 3 aliphatic rings. The summed E-state index contributed by atoms with van der Waals surface area (Å²) in [4.78, 5) is 1.71. The van der Waals surface area contributed by atoms with Crippen LogP contribution in [0.2, 0.25) is 0 Å². The van der Waals surface area contributed by atoms with Crippen LogP contribution in [-0.2, 0) is 6.54 Å². The Bertz CT molecular complexity index is 615. The van der Waals surface area contributed by atoms with Crippen molar-refractivity contribution in [3.05, 3.63) is 35.6 Å². The van der Waals surface area contributed by atoms with Gasteiger partial charge in [0.05, 0.1) is 12.1 Å². The molecule has 3 fully saturated rings. The second-order valence-electron chi connectivity index (χ2n) is 8.82. The van der Waals surface area contributed by atoms with E-state index in [4.69, 9.17) is 12.2 Å². The van der Waals surface area contributed by atoms with Gasteiger partial charge in [-0.15, -0.1) is 0 Å². The van der Waals surface area contributed by atoms with E-state index < -0.39 is 0 Å². The SMILES string of the molecule is Fc1ccc(C[NH+]2[C@@H]3CCC[C@H]2CC(NC(=S)NC2CCCCC2)C3)cc1. The van der Waals surface area contributed by atoms with Gasteiger partial charge < -0.3 is 15.5 Å². The van der Waals surface area contributed by atoms with E-state index >= 15 is 0 Å². The van der Waals surface area contributed by atoms with Crippen LogP contribution in [0.15, 0.2) is 24.3 Å². The van der Waals surface area contributed by atoms with Gasteiger partial charge in [-0.3, -0.25) is 0 Å². The van der Waals surface area contributed by atoms with Crippen LogP contribution >= 0.6 is 12.2 Å². The Hall–Kier alpha value is -1.20. The van der Waals surface area contributed by atoms with Crippen molar-refractivity contribution in [1.29, 1.82) is 0 Å². The fraction of sp³-hybridized carbons (Fsp3) is 0.682. The van der Waals surface area contributed by atoms with Crippen molar-refractivity contribution in [2.24, 2.45) is 0 Å². The Morgan fingerprint density at radius 2 is 1.52 bits per heavy atom. The van der Waals surface area contributed by atoms with Crippen molar-refractivity contribution in [3.63, 3.8) is 0 Å². The summed E-state index contributed by atoms with van der Waals surface area (Å²) < 4.78 is 13.2. The zero-order valence-corrected chi connectivity index (χ0v) is 17.0. The third-order valence-electron chi connectivity index (χ3n) is 6.89. The van der Waals surface area contributed by atoms with Gasteiger partial charge in [0, 0.05) is 30.5 Å². The van der Waals surface area contributed by atoms with Crippen LogP contribution in [0.5, 0.6) is 0 Å². The topological polar surface area (TPSA) is 28.5 Å². The number of thiocarbonyl (C=S) groups is 1. The highest BCUT2D eigenvalue weighted by Crippen LogP contribution is 2.23. The van der Waals surface area contributed by atoms with Crippen molar-refractivity contribution in [1.82, 2.24) is 10.6 Å². The van der Waals surface area contributed by atoms with Gasteiger partial charge in [0.15, 0.2) is 5.11 Å². The molecule has 4 atom stereocenters. The average molecular weight is 391 g/mol. The van der Waals surface area contributed by atoms with Crippen molar-refractivity contribution >= 4 is 17.3 Å². The summed E-state index contributed by atoms with van der Waals surface area (Å²) in [5.41, 5.74) is 1.25. The first kappa shape index (κ1) is 19.1. The highest BCUT2D eigenvalue weighted by Gasteiger charge is 2.41. The number of quaternary nitrogens is 1. The van der Waals surface area contributed by atoms with Gasteiger partial charge in [-0.2, -0.15) is 0 Å². The summed E-state index contributed by atoms with van der Waals surface area (Å²) in [6.45, 7) is 1.02. The number of hydrogen-bond acceptors (Lipinski definition) is 1. The molecule has 1 aromatic rings. The quantitative estimate of drug-likeness (QED) is 0.690. The second kappa shape index (κ2) is 8.87. The molecule has 2 aliphatic heterocycles. The Morgan fingerprint density at radius 1 is 0.889 bits per heavy atom. The molecule has 3 N–H and O–H groups in total. The van der Waals surface area contributed by atoms with Crippen LogP contribution in [0.3, 0.4) is 0 Å². The predicted molar refractivity (Wildman–Crippen MR) is 111 cm³/mol. The van der Waals surface area contributed by atoms with Crippen molar-refractivity contribution in [2.45, 2.75) is 94.9 Å². The minimum atomic E-state index is -0.143. The number of benzene rings is 1. The molecule has 148 valence electrons. The first-order valence-corrected chi connectivity index (χ1v) is 11.3. The van der Waals surface area contributed by atoms with Crippen LogP contribution in [-0.4, -0.2) is 29.3 Å². The van der Waals surface area contributed by atoms with E-state index in [0.29, 0.717) is 24.2 Å². The van der Waals surface area contributed by atoms with Crippen molar-refractivity contribution in [3.8, 4) is 0 Å². The zero-order valence-electron chi connectivity index (χ0n) is 16.2. The van der Waals surface area contributed by atoms with E-state index in [0.717, 1.165) is 11.7 Å². The molecule has 27 heavy (non-hydrogen) atoms. The highest BCUT2D eigenvalue weighted by atomic mass is 32.1. The zero-order chi connectivity index (χ0) is 18.6. The van der Waals surface area contributed by atoms with E-state index in [1.54, 1.807) is 17.0 Å². The summed E-state index contributed by atoms with van der Waals surface area (Å²) in [6.07, 6.45) is 12.9. The minimum absolute atomic E-state index is 0.143. The van der Waals surface area contributed by atoms with E-state index in [-0.39, 0.29) is 5.82 Å². The molecule has 3 nitrogen and oxygen atoms in total. The summed E-state index contributed by atoms with van der Waals surface area (Å²) in [5.74, 6) is -0.143. The van der Waals surface area contributed by atoms with E-state index in [9.17, 15) is 4.39 Å². The summed E-state index contributed by atoms with van der Waals surface area (Å²) in [6, 6.07) is 9.54. The molecular formula is C22H33FN3S+. The van der Waals surface area contributed by atoms with Gasteiger partial charge in [-0.25, -0.2) is 4.39 Å². The second-order valence-corrected chi connectivity index (χ2v) is 9.23. The lowest BCUT2D eigenvalue weighted by Crippen LogP contribution is -3.20. The van der Waals surface area contributed by atoms with Crippen LogP contribution in [0, 0.1) is 5.82 Å². The molecule has 4 rings (SSSR count). The molecule has 2 unspecified atom stereocenters. The smallest absolute Gasteiger partial charge is 0.166 e. The van der Waals surface area contributed by atoms with Crippen LogP contribution in [0.25, 0.3) is 0 Å². The number of rotatable bonds is 4. The van der Waals surface area contributed by atoms with Gasteiger partial charge in [0.25, 0.3) is 0 Å². The van der Waals surface area contributed by atoms with Crippen LogP contribution in [0.4, 0.5) is 4.39 Å². The first-order valence-electron chi connectivity index (χ1n) is 10.8. The Balaban J connectivity index is 1.32. The van der Waals surface area contributed by atoms with Crippen LogP contribution < -0.4 is 15.5 Å². The minimum Gasteiger partial charge on any atom is -0.360 e. The molecule has 2 saturated heterocycles. The van der Waals surface area contributed by atoms with Crippen LogP contribution in [0.1, 0.15) is 69.8 Å². The van der Waals surface area contributed by atoms with Crippen molar-refractivity contribution in [2.75, 3.05) is 0 Å². The molecule has 0 spiro atoms. The molecule has 0 radical (unpaired) electrons. The molecule has 1 aliphatic carbocycles. The number of nitrogens with one attached hydrogen (secondary N) is 3. The molecule has 0 aromatic heterocycles. The number of fused-ring (bicyclic) bond motifs is 2. The Labute approximate surface area is 168 Å². The molecule has 0 amide bonds. The predicted octanol–water partition coefficient (Wildman–Crippen LogP) is 3.09. The molecule has 5 heteroatoms. The number of halogens is 1. The Morgan fingerprint density at radius 3 is 2.19 bits per heavy atom. The lowest BCUT2D eigenvalue weighted by atomic mass is 9.81. The van der Waals surface area contributed by atoms with Gasteiger partial charge in [0.1, 0.15) is 12.4 Å². The third kappa shape index (κ3) is 5.00.